The molecule has 0 aliphatic carbocycles. The maximum Gasteiger partial charge on any atom is 0.318 e. The number of amides is 3. The number of carbonyl (C=O) groups excluding carboxylic acids is 2. The van der Waals surface area contributed by atoms with Crippen LogP contribution in [0.1, 0.15) is 34.8 Å². The van der Waals surface area contributed by atoms with Gasteiger partial charge in [0.15, 0.2) is 0 Å². The summed E-state index contributed by atoms with van der Waals surface area (Å²) in [5, 5.41) is 5.49. The van der Waals surface area contributed by atoms with Gasteiger partial charge in [-0.05, 0) is 42.5 Å². The Morgan fingerprint density at radius 2 is 1.70 bits per heavy atom. The molecular formula is C26H28N4O3. The van der Waals surface area contributed by atoms with Crippen LogP contribution >= 0.6 is 0 Å². The summed E-state index contributed by atoms with van der Waals surface area (Å²) in [4.78, 5) is 28.5. The van der Waals surface area contributed by atoms with Crippen molar-refractivity contribution >= 4 is 28.4 Å². The maximum absolute atomic E-state index is 13.1. The summed E-state index contributed by atoms with van der Waals surface area (Å²) in [6, 6.07) is 19.6. The van der Waals surface area contributed by atoms with Crippen molar-refractivity contribution in [3.63, 3.8) is 0 Å². The molecule has 33 heavy (non-hydrogen) atoms. The molecule has 2 aliphatic rings. The molecule has 5 rings (SSSR count). The minimum Gasteiger partial charge on any atom is -0.493 e. The minimum atomic E-state index is -0.429. The number of piperazine rings is 1. The number of nitrogens with one attached hydrogen (secondary N) is 1. The van der Waals surface area contributed by atoms with Gasteiger partial charge in [-0.15, -0.1) is 0 Å². The average molecular weight is 445 g/mol. The lowest BCUT2D eigenvalue weighted by Gasteiger charge is -2.36. The zero-order chi connectivity index (χ0) is 22.8. The van der Waals surface area contributed by atoms with Crippen molar-refractivity contribution in [2.45, 2.75) is 18.9 Å². The van der Waals surface area contributed by atoms with E-state index in [0.29, 0.717) is 25.3 Å². The third-order valence-electron chi connectivity index (χ3n) is 6.55. The van der Waals surface area contributed by atoms with Gasteiger partial charge in [-0.3, -0.25) is 4.79 Å². The van der Waals surface area contributed by atoms with Crippen LogP contribution in [0, 0.1) is 0 Å². The zero-order valence-corrected chi connectivity index (χ0v) is 18.5. The van der Waals surface area contributed by atoms with Gasteiger partial charge in [0.05, 0.1) is 12.6 Å². The lowest BCUT2D eigenvalue weighted by molar-refractivity contribution is 0.1000. The quantitative estimate of drug-likeness (QED) is 0.645. The number of primary amides is 1. The summed E-state index contributed by atoms with van der Waals surface area (Å²) in [7, 11) is 0. The van der Waals surface area contributed by atoms with Crippen molar-refractivity contribution in [1.82, 2.24) is 10.2 Å². The fourth-order valence-corrected chi connectivity index (χ4v) is 4.71. The molecule has 1 atom stereocenters. The third kappa shape index (κ3) is 4.31. The van der Waals surface area contributed by atoms with Crippen molar-refractivity contribution < 1.29 is 14.3 Å². The van der Waals surface area contributed by atoms with Crippen molar-refractivity contribution in [1.29, 1.82) is 0 Å². The van der Waals surface area contributed by atoms with E-state index in [0.717, 1.165) is 53.7 Å². The van der Waals surface area contributed by atoms with Gasteiger partial charge >= 0.3 is 6.03 Å². The molecular weight excluding hydrogens is 416 g/mol. The van der Waals surface area contributed by atoms with E-state index in [1.165, 1.54) is 0 Å². The van der Waals surface area contributed by atoms with Gasteiger partial charge in [0.25, 0.3) is 0 Å². The number of carbonyl (C=O) groups is 2. The van der Waals surface area contributed by atoms with Crippen LogP contribution in [0.2, 0.25) is 0 Å². The predicted molar refractivity (Wildman–Crippen MR) is 129 cm³/mol. The second kappa shape index (κ2) is 9.02. The Hall–Kier alpha value is -3.74. The second-order valence-corrected chi connectivity index (χ2v) is 8.58. The monoisotopic (exact) mass is 444 g/mol. The van der Waals surface area contributed by atoms with Gasteiger partial charge in [-0.1, -0.05) is 36.4 Å². The Balaban J connectivity index is 1.25. The lowest BCUT2D eigenvalue weighted by Crippen LogP contribution is -2.52. The van der Waals surface area contributed by atoms with Crippen LogP contribution in [0.5, 0.6) is 5.75 Å². The van der Waals surface area contributed by atoms with Crippen molar-refractivity contribution in [2.24, 2.45) is 5.73 Å². The Labute approximate surface area is 193 Å². The molecule has 1 saturated heterocycles. The molecule has 7 heteroatoms. The molecule has 0 radical (unpaired) electrons. The smallest absolute Gasteiger partial charge is 0.318 e. The second-order valence-electron chi connectivity index (χ2n) is 8.58. The number of ether oxygens (including phenoxy) is 1. The Morgan fingerprint density at radius 1 is 0.939 bits per heavy atom. The SMILES string of the molecule is NC(=O)c1ccc(N2CCN(C(=O)NC3CCCOc4c3ccc3ccccc43)CC2)cc1. The minimum absolute atomic E-state index is 0.0373. The van der Waals surface area contributed by atoms with E-state index >= 15 is 0 Å². The molecule has 0 spiro atoms. The Morgan fingerprint density at radius 3 is 2.45 bits per heavy atom. The number of hydrogen-bond acceptors (Lipinski definition) is 4. The van der Waals surface area contributed by atoms with Crippen LogP contribution in [0.25, 0.3) is 10.8 Å². The summed E-state index contributed by atoms with van der Waals surface area (Å²) >= 11 is 0. The van der Waals surface area contributed by atoms with Crippen molar-refractivity contribution in [3.8, 4) is 5.75 Å². The number of hydrogen-bond donors (Lipinski definition) is 2. The fourth-order valence-electron chi connectivity index (χ4n) is 4.71. The van der Waals surface area contributed by atoms with E-state index in [1.54, 1.807) is 12.1 Å². The molecule has 3 N–H and O–H groups in total. The summed E-state index contributed by atoms with van der Waals surface area (Å²) in [6.07, 6.45) is 1.74. The number of anilines is 1. The Bertz CT molecular complexity index is 1170. The molecule has 0 aromatic heterocycles. The summed E-state index contributed by atoms with van der Waals surface area (Å²) in [5.41, 5.74) is 7.90. The molecule has 3 aromatic carbocycles. The lowest BCUT2D eigenvalue weighted by atomic mass is 9.98. The predicted octanol–water partition coefficient (Wildman–Crippen LogP) is 3.68. The number of benzene rings is 3. The summed E-state index contributed by atoms with van der Waals surface area (Å²) in [5.74, 6) is 0.460. The standard InChI is InChI=1S/C26H28N4O3/c27-25(31)19-7-10-20(11-8-19)29-13-15-30(16-14-29)26(32)28-23-6-3-17-33-24-21-5-2-1-4-18(21)9-12-22(23)24/h1-2,4-5,7-12,23H,3,6,13-17H2,(H2,27,31)(H,28,32). The van der Waals surface area contributed by atoms with Crippen LogP contribution in [-0.4, -0.2) is 49.6 Å². The molecule has 0 bridgehead atoms. The van der Waals surface area contributed by atoms with E-state index in [1.807, 2.05) is 29.2 Å². The van der Waals surface area contributed by atoms with Crippen LogP contribution < -0.4 is 20.7 Å². The molecule has 1 unspecified atom stereocenters. The van der Waals surface area contributed by atoms with Crippen LogP contribution in [0.3, 0.4) is 0 Å². The average Bonchev–Trinajstić information content (AvgIpc) is 3.06. The van der Waals surface area contributed by atoms with E-state index in [-0.39, 0.29) is 12.1 Å². The van der Waals surface area contributed by atoms with E-state index in [9.17, 15) is 9.59 Å². The van der Waals surface area contributed by atoms with Crippen molar-refractivity contribution in [2.75, 3.05) is 37.7 Å². The van der Waals surface area contributed by atoms with Gasteiger partial charge in [-0.2, -0.15) is 0 Å². The highest BCUT2D eigenvalue weighted by Gasteiger charge is 2.27. The molecule has 2 heterocycles. The number of rotatable bonds is 3. The Kier molecular flexibility index (Phi) is 5.77. The largest absolute Gasteiger partial charge is 0.493 e. The number of nitrogens with two attached hydrogens (primary N) is 1. The van der Waals surface area contributed by atoms with Gasteiger partial charge in [0.2, 0.25) is 5.91 Å². The van der Waals surface area contributed by atoms with Crippen LogP contribution in [0.15, 0.2) is 60.7 Å². The van der Waals surface area contributed by atoms with E-state index < -0.39 is 5.91 Å². The number of fused-ring (bicyclic) bond motifs is 3. The zero-order valence-electron chi connectivity index (χ0n) is 18.5. The highest BCUT2D eigenvalue weighted by atomic mass is 16.5. The van der Waals surface area contributed by atoms with Gasteiger partial charge in [-0.25, -0.2) is 4.79 Å². The number of urea groups is 1. The highest BCUT2D eigenvalue weighted by molar-refractivity contribution is 5.93. The first-order chi connectivity index (χ1) is 16.1. The third-order valence-corrected chi connectivity index (χ3v) is 6.55. The van der Waals surface area contributed by atoms with E-state index in [2.05, 4.69) is 34.5 Å². The first kappa shape index (κ1) is 21.1. The molecule has 0 saturated carbocycles. The first-order valence-electron chi connectivity index (χ1n) is 11.4. The van der Waals surface area contributed by atoms with Gasteiger partial charge in [0.1, 0.15) is 5.75 Å². The number of nitrogens with zero attached hydrogens (tertiary/aromatic N) is 2. The highest BCUT2D eigenvalue weighted by Crippen LogP contribution is 2.37. The molecule has 2 aliphatic heterocycles. The molecule has 1 fully saturated rings. The summed E-state index contributed by atoms with van der Waals surface area (Å²) in [6.45, 7) is 3.39. The first-order valence-corrected chi connectivity index (χ1v) is 11.4. The normalized spacial score (nSPS) is 18.2. The van der Waals surface area contributed by atoms with E-state index in [4.69, 9.17) is 10.5 Å². The molecule has 3 amide bonds. The molecule has 3 aromatic rings. The molecule has 7 nitrogen and oxygen atoms in total. The van der Waals surface area contributed by atoms with Crippen LogP contribution in [0.4, 0.5) is 10.5 Å². The van der Waals surface area contributed by atoms with Crippen LogP contribution in [-0.2, 0) is 0 Å². The summed E-state index contributed by atoms with van der Waals surface area (Å²) < 4.78 is 6.10. The fraction of sp³-hybridized carbons (Fsp3) is 0.308. The van der Waals surface area contributed by atoms with Crippen molar-refractivity contribution in [3.05, 3.63) is 71.8 Å². The van der Waals surface area contributed by atoms with Gasteiger partial charge < -0.3 is 25.6 Å². The topological polar surface area (TPSA) is 87.9 Å². The maximum atomic E-state index is 13.1. The molecule has 170 valence electrons. The van der Waals surface area contributed by atoms with Gasteiger partial charge in [0, 0.05) is 48.4 Å².